The van der Waals surface area contributed by atoms with Crippen molar-refractivity contribution >= 4 is 27.2 Å². The molecule has 0 aromatic heterocycles. The van der Waals surface area contributed by atoms with Crippen molar-refractivity contribution in [2.24, 2.45) is 0 Å². The number of rotatable bonds is 0. The molecule has 10 aromatic rings. The Morgan fingerprint density at radius 1 is 0.369 bits per heavy atom. The summed E-state index contributed by atoms with van der Waals surface area (Å²) in [6.07, 6.45) is 0. The smallest absolute Gasteiger partial charge is 0.195 e. The van der Waals surface area contributed by atoms with Crippen molar-refractivity contribution in [3.63, 3.8) is 0 Å². The predicted octanol–water partition coefficient (Wildman–Crippen LogP) is 15.4. The van der Waals surface area contributed by atoms with E-state index in [9.17, 15) is 5.26 Å². The fourth-order valence-corrected chi connectivity index (χ4v) is 13.9. The maximum Gasteiger partial charge on any atom is 0.195 e. The van der Waals surface area contributed by atoms with E-state index in [1.807, 2.05) is 0 Å². The van der Waals surface area contributed by atoms with Crippen LogP contribution in [0, 0.1) is 17.9 Å². The SMILES string of the molecule is [C-]#[N+]c1cc2c(c3ccccc13)-c1cc3c(cc1C21c2ccccc2-c2ccccc21)-c1cc2c(cc1C3(C)C)-c1c(cc(C#N)c3ccccc13)C21c2ccccc2-c2ccccc21. The number of nitrogens with zero attached hydrogens (tertiary/aromatic N) is 2. The monoisotopic (exact) mass is 820 g/mol. The van der Waals surface area contributed by atoms with Crippen LogP contribution in [0.3, 0.4) is 0 Å². The normalized spacial score (nSPS) is 15.6. The second-order valence-corrected chi connectivity index (χ2v) is 19.2. The Kier molecular flexibility index (Phi) is 6.30. The molecular formula is C63H36N2. The van der Waals surface area contributed by atoms with Gasteiger partial charge >= 0.3 is 0 Å². The molecule has 0 N–H and O–H groups in total. The molecule has 0 saturated carbocycles. The summed E-state index contributed by atoms with van der Waals surface area (Å²) in [6, 6.07) is 70.1. The molecule has 65 heavy (non-hydrogen) atoms. The van der Waals surface area contributed by atoms with Crippen LogP contribution in [0.1, 0.15) is 75.0 Å². The Balaban J connectivity index is 1.09. The van der Waals surface area contributed by atoms with Crippen molar-refractivity contribution < 1.29 is 0 Å². The van der Waals surface area contributed by atoms with E-state index < -0.39 is 10.8 Å². The van der Waals surface area contributed by atoms with Crippen molar-refractivity contribution in [1.82, 2.24) is 0 Å². The molecule has 0 amide bonds. The summed E-state index contributed by atoms with van der Waals surface area (Å²) in [5.41, 5.74) is 25.0. The van der Waals surface area contributed by atoms with Gasteiger partial charge in [-0.25, -0.2) is 4.85 Å². The lowest BCUT2D eigenvalue weighted by molar-refractivity contribution is 0.660. The van der Waals surface area contributed by atoms with Gasteiger partial charge in [0.25, 0.3) is 0 Å². The van der Waals surface area contributed by atoms with Gasteiger partial charge in [0.2, 0.25) is 0 Å². The number of hydrogen-bond acceptors (Lipinski definition) is 1. The molecule has 0 atom stereocenters. The molecule has 5 aliphatic rings. The molecule has 0 saturated heterocycles. The van der Waals surface area contributed by atoms with Crippen molar-refractivity contribution in [2.75, 3.05) is 0 Å². The second kappa shape index (κ2) is 11.6. The van der Waals surface area contributed by atoms with Crippen LogP contribution in [-0.4, -0.2) is 0 Å². The highest BCUT2D eigenvalue weighted by Crippen LogP contribution is 2.69. The lowest BCUT2D eigenvalue weighted by Crippen LogP contribution is -2.26. The number of fused-ring (bicyclic) bond motifs is 27. The topological polar surface area (TPSA) is 28.1 Å². The lowest BCUT2D eigenvalue weighted by atomic mass is 9.69. The minimum atomic E-state index is -0.623. The van der Waals surface area contributed by atoms with Crippen LogP contribution >= 0.6 is 0 Å². The highest BCUT2D eigenvalue weighted by molar-refractivity contribution is 6.13. The van der Waals surface area contributed by atoms with Crippen LogP contribution in [0.15, 0.2) is 182 Å². The average Bonchev–Trinajstić information content (AvgIpc) is 4.08. The Hall–Kier alpha value is -8.30. The molecule has 15 rings (SSSR count). The molecule has 2 heteroatoms. The van der Waals surface area contributed by atoms with E-state index in [0.29, 0.717) is 11.3 Å². The van der Waals surface area contributed by atoms with E-state index in [-0.39, 0.29) is 5.41 Å². The quantitative estimate of drug-likeness (QED) is 0.140. The van der Waals surface area contributed by atoms with E-state index in [2.05, 4.69) is 207 Å². The van der Waals surface area contributed by atoms with Crippen molar-refractivity contribution in [1.29, 1.82) is 5.26 Å². The Bertz CT molecular complexity index is 3660. The van der Waals surface area contributed by atoms with Gasteiger partial charge in [0.1, 0.15) is 0 Å². The molecule has 2 spiro atoms. The summed E-state index contributed by atoms with van der Waals surface area (Å²) in [4.78, 5) is 4.20. The van der Waals surface area contributed by atoms with Gasteiger partial charge in [-0.1, -0.05) is 166 Å². The molecule has 0 aliphatic heterocycles. The first-order valence-corrected chi connectivity index (χ1v) is 22.6. The van der Waals surface area contributed by atoms with Crippen LogP contribution in [0.25, 0.3) is 82.0 Å². The minimum Gasteiger partial charge on any atom is -0.238 e. The third kappa shape index (κ3) is 3.80. The molecule has 2 nitrogen and oxygen atoms in total. The largest absolute Gasteiger partial charge is 0.238 e. The van der Waals surface area contributed by atoms with Gasteiger partial charge in [-0.3, -0.25) is 0 Å². The molecular weight excluding hydrogens is 785 g/mol. The maximum absolute atomic E-state index is 10.8. The van der Waals surface area contributed by atoms with Gasteiger partial charge in [-0.15, -0.1) is 0 Å². The van der Waals surface area contributed by atoms with Crippen LogP contribution in [0.4, 0.5) is 5.69 Å². The summed E-state index contributed by atoms with van der Waals surface area (Å²) < 4.78 is 0. The maximum atomic E-state index is 10.8. The zero-order valence-electron chi connectivity index (χ0n) is 35.7. The van der Waals surface area contributed by atoms with E-state index in [1.54, 1.807) is 0 Å². The van der Waals surface area contributed by atoms with Crippen molar-refractivity contribution in [2.45, 2.75) is 30.1 Å². The van der Waals surface area contributed by atoms with E-state index >= 15 is 0 Å². The molecule has 10 aromatic carbocycles. The average molecular weight is 821 g/mol. The summed E-state index contributed by atoms with van der Waals surface area (Å²) in [5.74, 6) is 0. The number of nitriles is 1. The van der Waals surface area contributed by atoms with E-state index in [4.69, 9.17) is 6.57 Å². The van der Waals surface area contributed by atoms with E-state index in [1.165, 1.54) is 111 Å². The molecule has 0 heterocycles. The second-order valence-electron chi connectivity index (χ2n) is 19.2. The molecule has 0 unspecified atom stereocenters. The molecule has 298 valence electrons. The molecule has 5 aliphatic carbocycles. The van der Waals surface area contributed by atoms with Gasteiger partial charge in [0, 0.05) is 10.8 Å². The van der Waals surface area contributed by atoms with Crippen molar-refractivity contribution in [3.8, 4) is 61.7 Å². The first kappa shape index (κ1) is 35.2. The van der Waals surface area contributed by atoms with Crippen molar-refractivity contribution in [3.05, 3.63) is 255 Å². The van der Waals surface area contributed by atoms with E-state index in [0.717, 1.165) is 21.5 Å². The highest BCUT2D eigenvalue weighted by atomic mass is 14.7. The third-order valence-electron chi connectivity index (χ3n) is 16.3. The minimum absolute atomic E-state index is 0.341. The van der Waals surface area contributed by atoms with Crippen LogP contribution < -0.4 is 0 Å². The standard InChI is InChI=1S/C63H36N2/c1-61(2)52-31-46-54(62(48-24-12-8-17-37(48)38-18-9-13-25-49(38)62)56-28-35(34-64)36-16-4-6-22-42(36)59(46)56)29-44(52)45-30-55-47(32-53(45)61)60-43-23-7-5-21-41(43)58(65-3)33-57(60)63(55)50-26-14-10-19-39(50)40-20-11-15-27-51(40)63/h4-33H,1-2H3. The van der Waals surface area contributed by atoms with Gasteiger partial charge in [0.15, 0.2) is 5.69 Å². The first-order chi connectivity index (χ1) is 31.9. The van der Waals surface area contributed by atoms with Gasteiger partial charge in [-0.05, 0) is 158 Å². The molecule has 0 bridgehead atoms. The van der Waals surface area contributed by atoms with Gasteiger partial charge < -0.3 is 0 Å². The zero-order chi connectivity index (χ0) is 43.1. The Labute approximate surface area is 377 Å². The number of hydrogen-bond donors (Lipinski definition) is 0. The predicted molar refractivity (Wildman–Crippen MR) is 263 cm³/mol. The van der Waals surface area contributed by atoms with Crippen LogP contribution in [0.2, 0.25) is 0 Å². The fourth-order valence-electron chi connectivity index (χ4n) is 13.9. The summed E-state index contributed by atoms with van der Waals surface area (Å²) in [7, 11) is 0. The lowest BCUT2D eigenvalue weighted by Gasteiger charge is -2.31. The summed E-state index contributed by atoms with van der Waals surface area (Å²) >= 11 is 0. The van der Waals surface area contributed by atoms with Gasteiger partial charge in [0.05, 0.1) is 29.0 Å². The number of benzene rings is 10. The zero-order valence-corrected chi connectivity index (χ0v) is 35.7. The van der Waals surface area contributed by atoms with Gasteiger partial charge in [-0.2, -0.15) is 5.26 Å². The Morgan fingerprint density at radius 3 is 1.18 bits per heavy atom. The summed E-state index contributed by atoms with van der Waals surface area (Å²) in [5, 5.41) is 15.0. The molecule has 0 radical (unpaired) electrons. The highest BCUT2D eigenvalue weighted by Gasteiger charge is 2.56. The molecule has 0 fully saturated rings. The first-order valence-electron chi connectivity index (χ1n) is 22.6. The Morgan fingerprint density at radius 2 is 0.738 bits per heavy atom. The van der Waals surface area contributed by atoms with Crippen LogP contribution in [-0.2, 0) is 16.2 Å². The van der Waals surface area contributed by atoms with Crippen LogP contribution in [0.5, 0.6) is 0 Å². The summed E-state index contributed by atoms with van der Waals surface area (Å²) in [6.45, 7) is 13.3. The third-order valence-corrected chi connectivity index (χ3v) is 16.3. The fraction of sp³-hybridized carbons (Fsp3) is 0.0794.